The lowest BCUT2D eigenvalue weighted by atomic mass is 9.97. The Morgan fingerprint density at radius 3 is 2.62 bits per heavy atom. The van der Waals surface area contributed by atoms with Gasteiger partial charge in [0, 0.05) is 50.9 Å². The van der Waals surface area contributed by atoms with Gasteiger partial charge in [-0.05, 0) is 54.5 Å². The molecule has 1 aromatic heterocycles. The molecule has 1 N–H and O–H groups in total. The molecule has 1 saturated carbocycles. The van der Waals surface area contributed by atoms with Crippen molar-refractivity contribution < 1.29 is 22.0 Å². The Kier molecular flexibility index (Phi) is 5.63. The number of alkyl halides is 2. The molecule has 1 aromatic carbocycles. The summed E-state index contributed by atoms with van der Waals surface area (Å²) in [5.74, 6) is -1.96. The van der Waals surface area contributed by atoms with E-state index < -0.39 is 28.8 Å². The van der Waals surface area contributed by atoms with E-state index >= 15 is 0 Å². The number of sulfonamides is 1. The molecule has 1 amide bonds. The normalized spacial score (nSPS) is 26.6. The van der Waals surface area contributed by atoms with Crippen molar-refractivity contribution >= 4 is 27.4 Å². The second kappa shape index (κ2) is 8.27. The van der Waals surface area contributed by atoms with Gasteiger partial charge in [-0.2, -0.15) is 4.31 Å². The summed E-state index contributed by atoms with van der Waals surface area (Å²) in [6.07, 6.45) is 2.94. The number of nitrogens with one attached hydrogen (secondary N) is 1. The number of benzene rings is 1. The summed E-state index contributed by atoms with van der Waals surface area (Å²) in [7, 11) is -3.94. The highest BCUT2D eigenvalue weighted by atomic mass is 32.2. The first-order valence-electron chi connectivity index (χ1n) is 11.6. The second-order valence-electron chi connectivity index (χ2n) is 9.87. The third-order valence-corrected chi connectivity index (χ3v) is 9.34. The number of hydrogen-bond acceptors (Lipinski definition) is 5. The third-order valence-electron chi connectivity index (χ3n) is 7.45. The Morgan fingerprint density at radius 1 is 1.12 bits per heavy atom. The maximum atomic E-state index is 13.5. The molecule has 2 aromatic rings. The first-order chi connectivity index (χ1) is 16.1. The second-order valence-corrected chi connectivity index (χ2v) is 11.8. The van der Waals surface area contributed by atoms with E-state index in [9.17, 15) is 22.0 Å². The largest absolute Gasteiger partial charge is 0.356 e. The molecule has 7 nitrogen and oxygen atoms in total. The standard InChI is InChI=1S/C24H28F2N4O3S/c1-23-7-11-29(16-17(23)15-23)21-20(6-3-10-27-21)22(31)28-18-4-2-5-19(14-18)34(32,33)30-12-8-24(25,26)9-13-30/h2-6,10,14,17H,7-9,11-13,15-16H2,1H3,(H,28,31). The van der Waals surface area contributed by atoms with Crippen LogP contribution in [0, 0.1) is 11.3 Å². The SMILES string of the molecule is CC12CCN(c3ncccc3C(=O)Nc3cccc(S(=O)(=O)N4CCC(F)(F)CC4)c3)CC1C2. The average Bonchev–Trinajstić information content (AvgIpc) is 3.49. The summed E-state index contributed by atoms with van der Waals surface area (Å²) in [5.41, 5.74) is 1.17. The number of anilines is 2. The molecule has 5 rings (SSSR count). The first kappa shape index (κ1) is 23.2. The lowest BCUT2D eigenvalue weighted by molar-refractivity contribution is -0.0412. The van der Waals surface area contributed by atoms with Crippen molar-refractivity contribution in [2.45, 2.75) is 43.4 Å². The Labute approximate surface area is 198 Å². The number of pyridine rings is 1. The number of halogens is 2. The number of fused-ring (bicyclic) bond motifs is 1. The predicted octanol–water partition coefficient (Wildman–Crippen LogP) is 3.99. The van der Waals surface area contributed by atoms with Crippen LogP contribution < -0.4 is 10.2 Å². The molecule has 0 radical (unpaired) electrons. The summed E-state index contributed by atoms with van der Waals surface area (Å²) in [6.45, 7) is 3.54. The maximum absolute atomic E-state index is 13.5. The minimum atomic E-state index is -3.94. The molecule has 1 aliphatic carbocycles. The van der Waals surface area contributed by atoms with Gasteiger partial charge >= 0.3 is 0 Å². The molecule has 2 unspecified atom stereocenters. The van der Waals surface area contributed by atoms with Crippen LogP contribution in [-0.2, 0) is 10.0 Å². The number of piperidine rings is 2. The van der Waals surface area contributed by atoms with E-state index in [2.05, 4.69) is 22.1 Å². The Morgan fingerprint density at radius 2 is 1.88 bits per heavy atom. The molecule has 0 spiro atoms. The van der Waals surface area contributed by atoms with Gasteiger partial charge < -0.3 is 10.2 Å². The summed E-state index contributed by atoms with van der Waals surface area (Å²) in [5, 5.41) is 2.79. The van der Waals surface area contributed by atoms with Gasteiger partial charge in [0.15, 0.2) is 0 Å². The van der Waals surface area contributed by atoms with Crippen molar-refractivity contribution in [1.82, 2.24) is 9.29 Å². The molecule has 34 heavy (non-hydrogen) atoms. The van der Waals surface area contributed by atoms with Crippen LogP contribution in [-0.4, -0.2) is 55.7 Å². The Balaban J connectivity index is 1.32. The minimum absolute atomic E-state index is 0.0361. The highest BCUT2D eigenvalue weighted by molar-refractivity contribution is 7.89. The van der Waals surface area contributed by atoms with Crippen molar-refractivity contribution in [2.75, 3.05) is 36.4 Å². The minimum Gasteiger partial charge on any atom is -0.356 e. The van der Waals surface area contributed by atoms with Crippen LogP contribution in [0.2, 0.25) is 0 Å². The average molecular weight is 491 g/mol. The molecule has 0 bridgehead atoms. The van der Waals surface area contributed by atoms with Gasteiger partial charge in [0.05, 0.1) is 10.5 Å². The summed E-state index contributed by atoms with van der Waals surface area (Å²) in [4.78, 5) is 19.7. The first-order valence-corrected chi connectivity index (χ1v) is 13.0. The Hall–Kier alpha value is -2.59. The number of hydrogen-bond donors (Lipinski definition) is 1. The number of carbonyl (C=O) groups excluding carboxylic acids is 1. The highest BCUT2D eigenvalue weighted by Gasteiger charge is 2.53. The lowest BCUT2D eigenvalue weighted by Crippen LogP contribution is -2.42. The number of aromatic nitrogens is 1. The van der Waals surface area contributed by atoms with Crippen LogP contribution in [0.1, 0.15) is 43.0 Å². The van der Waals surface area contributed by atoms with E-state index in [0.29, 0.717) is 28.4 Å². The topological polar surface area (TPSA) is 82.6 Å². The zero-order chi connectivity index (χ0) is 24.1. The van der Waals surface area contributed by atoms with Crippen LogP contribution in [0.3, 0.4) is 0 Å². The predicted molar refractivity (Wildman–Crippen MR) is 125 cm³/mol. The van der Waals surface area contributed by atoms with Crippen LogP contribution in [0.4, 0.5) is 20.3 Å². The number of rotatable bonds is 5. The van der Waals surface area contributed by atoms with Gasteiger partial charge in [0.25, 0.3) is 11.8 Å². The van der Waals surface area contributed by atoms with Gasteiger partial charge in [-0.1, -0.05) is 13.0 Å². The molecular weight excluding hydrogens is 462 g/mol. The molecule has 2 saturated heterocycles. The van der Waals surface area contributed by atoms with Crippen molar-refractivity contribution in [3.63, 3.8) is 0 Å². The summed E-state index contributed by atoms with van der Waals surface area (Å²) >= 11 is 0. The number of amides is 1. The summed E-state index contributed by atoms with van der Waals surface area (Å²) in [6, 6.07) is 9.33. The molecule has 3 aliphatic rings. The molecular formula is C24H28F2N4O3S. The molecule has 182 valence electrons. The van der Waals surface area contributed by atoms with Crippen LogP contribution >= 0.6 is 0 Å². The molecule has 2 aliphatic heterocycles. The highest BCUT2D eigenvalue weighted by Crippen LogP contribution is 2.57. The fourth-order valence-corrected chi connectivity index (χ4v) is 6.48. The van der Waals surface area contributed by atoms with Crippen LogP contribution in [0.25, 0.3) is 0 Å². The fourth-order valence-electron chi connectivity index (χ4n) is 5.00. The van der Waals surface area contributed by atoms with E-state index in [-0.39, 0.29) is 23.9 Å². The van der Waals surface area contributed by atoms with E-state index in [1.54, 1.807) is 24.4 Å². The zero-order valence-corrected chi connectivity index (χ0v) is 19.8. The fraction of sp³-hybridized carbons (Fsp3) is 0.500. The zero-order valence-electron chi connectivity index (χ0n) is 19.0. The Bertz CT molecular complexity index is 1210. The van der Waals surface area contributed by atoms with E-state index in [1.807, 2.05) is 0 Å². The van der Waals surface area contributed by atoms with Gasteiger partial charge in [-0.25, -0.2) is 22.2 Å². The quantitative estimate of drug-likeness (QED) is 0.685. The number of nitrogens with zero attached hydrogens (tertiary/aromatic N) is 3. The number of carbonyl (C=O) groups is 1. The van der Waals surface area contributed by atoms with E-state index in [4.69, 9.17) is 0 Å². The lowest BCUT2D eigenvalue weighted by Gasteiger charge is -2.32. The van der Waals surface area contributed by atoms with Gasteiger partial charge in [-0.3, -0.25) is 4.79 Å². The maximum Gasteiger partial charge on any atom is 0.259 e. The van der Waals surface area contributed by atoms with Gasteiger partial charge in [0.1, 0.15) is 5.82 Å². The van der Waals surface area contributed by atoms with Crippen molar-refractivity contribution in [2.24, 2.45) is 11.3 Å². The van der Waals surface area contributed by atoms with Crippen LogP contribution in [0.15, 0.2) is 47.5 Å². The third kappa shape index (κ3) is 4.40. The molecule has 3 heterocycles. The van der Waals surface area contributed by atoms with Gasteiger partial charge in [-0.15, -0.1) is 0 Å². The van der Waals surface area contributed by atoms with Gasteiger partial charge in [0.2, 0.25) is 10.0 Å². The monoisotopic (exact) mass is 490 g/mol. The smallest absolute Gasteiger partial charge is 0.259 e. The van der Waals surface area contributed by atoms with Crippen LogP contribution in [0.5, 0.6) is 0 Å². The summed E-state index contributed by atoms with van der Waals surface area (Å²) < 4.78 is 54.0. The van der Waals surface area contributed by atoms with Crippen molar-refractivity contribution in [3.8, 4) is 0 Å². The van der Waals surface area contributed by atoms with Crippen molar-refractivity contribution in [1.29, 1.82) is 0 Å². The van der Waals surface area contributed by atoms with E-state index in [0.717, 1.165) is 23.8 Å². The van der Waals surface area contributed by atoms with E-state index in [1.165, 1.54) is 24.6 Å². The molecule has 2 atom stereocenters. The van der Waals surface area contributed by atoms with Crippen molar-refractivity contribution in [3.05, 3.63) is 48.2 Å². The molecule has 10 heteroatoms. The molecule has 3 fully saturated rings.